The third-order valence-electron chi connectivity index (χ3n) is 3.58. The molecule has 3 rings (SSSR count). The number of anilines is 1. The molecule has 0 bridgehead atoms. The average molecular weight is 363 g/mol. The van der Waals surface area contributed by atoms with Crippen LogP contribution in [0.4, 0.5) is 10.1 Å². The molecule has 7 heteroatoms. The molecule has 1 saturated carbocycles. The summed E-state index contributed by atoms with van der Waals surface area (Å²) >= 11 is 5.65. The average Bonchev–Trinajstić information content (AvgIpc) is 3.40. The number of ether oxygens (including phenoxy) is 1. The molecule has 2 N–H and O–H groups in total. The van der Waals surface area contributed by atoms with Crippen LogP contribution in [0.1, 0.15) is 23.2 Å². The number of carbonyl (C=O) groups excluding carboxylic acids is 2. The van der Waals surface area contributed by atoms with E-state index in [-0.39, 0.29) is 23.6 Å². The lowest BCUT2D eigenvalue weighted by Gasteiger charge is -2.09. The van der Waals surface area contributed by atoms with Gasteiger partial charge < -0.3 is 15.4 Å². The molecule has 0 heterocycles. The van der Waals surface area contributed by atoms with Crippen LogP contribution in [0.3, 0.4) is 0 Å². The molecular formula is C18H16ClFN2O3. The first-order valence-corrected chi connectivity index (χ1v) is 8.18. The van der Waals surface area contributed by atoms with Gasteiger partial charge in [0.25, 0.3) is 11.8 Å². The summed E-state index contributed by atoms with van der Waals surface area (Å²) in [5, 5.41) is 5.46. The van der Waals surface area contributed by atoms with E-state index in [9.17, 15) is 14.0 Å². The number of nitrogens with one attached hydrogen (secondary N) is 2. The van der Waals surface area contributed by atoms with Crippen molar-refractivity contribution >= 4 is 29.1 Å². The van der Waals surface area contributed by atoms with Crippen molar-refractivity contribution in [2.24, 2.45) is 0 Å². The van der Waals surface area contributed by atoms with Crippen molar-refractivity contribution in [2.75, 3.05) is 11.9 Å². The molecule has 0 aromatic heterocycles. The quantitative estimate of drug-likeness (QED) is 0.827. The standard InChI is InChI=1S/C18H16ClFN2O3/c19-15-9-14(6-7-16(15)20)25-10-17(23)21-13-3-1-2-11(8-13)18(24)22-12-4-5-12/h1-3,6-9,12H,4-5,10H2,(H,21,23)(H,22,24). The first-order valence-electron chi connectivity index (χ1n) is 7.80. The van der Waals surface area contributed by atoms with Gasteiger partial charge in [-0.05, 0) is 43.2 Å². The summed E-state index contributed by atoms with van der Waals surface area (Å²) in [6, 6.07) is 10.8. The maximum atomic E-state index is 13.1. The molecule has 25 heavy (non-hydrogen) atoms. The highest BCUT2D eigenvalue weighted by atomic mass is 35.5. The van der Waals surface area contributed by atoms with Gasteiger partial charge in [-0.1, -0.05) is 17.7 Å². The second-order valence-electron chi connectivity index (χ2n) is 5.74. The fourth-order valence-electron chi connectivity index (χ4n) is 2.15. The van der Waals surface area contributed by atoms with Crippen LogP contribution in [0.5, 0.6) is 5.75 Å². The number of carbonyl (C=O) groups is 2. The van der Waals surface area contributed by atoms with Gasteiger partial charge in [-0.3, -0.25) is 9.59 Å². The van der Waals surface area contributed by atoms with Gasteiger partial charge >= 0.3 is 0 Å². The number of hydrogen-bond donors (Lipinski definition) is 2. The molecular weight excluding hydrogens is 347 g/mol. The van der Waals surface area contributed by atoms with E-state index in [2.05, 4.69) is 10.6 Å². The highest BCUT2D eigenvalue weighted by Crippen LogP contribution is 2.21. The van der Waals surface area contributed by atoms with Crippen molar-refractivity contribution in [1.82, 2.24) is 5.32 Å². The summed E-state index contributed by atoms with van der Waals surface area (Å²) in [4.78, 5) is 24.0. The van der Waals surface area contributed by atoms with Crippen molar-refractivity contribution in [3.05, 3.63) is 58.9 Å². The van der Waals surface area contributed by atoms with Gasteiger partial charge in [0, 0.05) is 23.4 Å². The van der Waals surface area contributed by atoms with E-state index >= 15 is 0 Å². The second-order valence-corrected chi connectivity index (χ2v) is 6.15. The summed E-state index contributed by atoms with van der Waals surface area (Å²) < 4.78 is 18.3. The van der Waals surface area contributed by atoms with Crippen LogP contribution < -0.4 is 15.4 Å². The van der Waals surface area contributed by atoms with Crippen LogP contribution in [-0.2, 0) is 4.79 Å². The molecule has 1 fully saturated rings. The van der Waals surface area contributed by atoms with Gasteiger partial charge in [-0.15, -0.1) is 0 Å². The Morgan fingerprint density at radius 1 is 1.20 bits per heavy atom. The van der Waals surface area contributed by atoms with Crippen LogP contribution in [0.25, 0.3) is 0 Å². The minimum atomic E-state index is -0.556. The molecule has 1 aliphatic rings. The SMILES string of the molecule is O=C(COc1ccc(F)c(Cl)c1)Nc1cccc(C(=O)NC2CC2)c1. The first kappa shape index (κ1) is 17.2. The van der Waals surface area contributed by atoms with Crippen molar-refractivity contribution in [3.63, 3.8) is 0 Å². The molecule has 5 nitrogen and oxygen atoms in total. The van der Waals surface area contributed by atoms with Gasteiger partial charge in [0.1, 0.15) is 11.6 Å². The fourth-order valence-corrected chi connectivity index (χ4v) is 2.32. The van der Waals surface area contributed by atoms with E-state index in [0.717, 1.165) is 18.9 Å². The predicted molar refractivity (Wildman–Crippen MR) is 92.5 cm³/mol. The minimum absolute atomic E-state index is 0.0766. The number of benzene rings is 2. The molecule has 0 unspecified atom stereocenters. The third kappa shape index (κ3) is 4.93. The normalized spacial score (nSPS) is 13.2. The fraction of sp³-hybridized carbons (Fsp3) is 0.222. The Bertz CT molecular complexity index is 809. The lowest BCUT2D eigenvalue weighted by atomic mass is 10.2. The first-order chi connectivity index (χ1) is 12.0. The number of hydrogen-bond acceptors (Lipinski definition) is 3. The van der Waals surface area contributed by atoms with Crippen LogP contribution in [0.2, 0.25) is 5.02 Å². The van der Waals surface area contributed by atoms with Gasteiger partial charge in [-0.2, -0.15) is 0 Å². The second kappa shape index (κ2) is 7.53. The van der Waals surface area contributed by atoms with E-state index in [1.165, 1.54) is 12.1 Å². The maximum absolute atomic E-state index is 13.1. The van der Waals surface area contributed by atoms with Crippen molar-refractivity contribution in [1.29, 1.82) is 0 Å². The lowest BCUT2D eigenvalue weighted by Crippen LogP contribution is -2.25. The molecule has 2 amide bonds. The Labute approximate surface area is 149 Å². The summed E-state index contributed by atoms with van der Waals surface area (Å²) in [5.41, 5.74) is 0.977. The zero-order valence-electron chi connectivity index (χ0n) is 13.2. The maximum Gasteiger partial charge on any atom is 0.262 e. The van der Waals surface area contributed by atoms with Gasteiger partial charge in [0.05, 0.1) is 5.02 Å². The lowest BCUT2D eigenvalue weighted by molar-refractivity contribution is -0.118. The monoisotopic (exact) mass is 362 g/mol. The largest absolute Gasteiger partial charge is 0.484 e. The minimum Gasteiger partial charge on any atom is -0.484 e. The van der Waals surface area contributed by atoms with Crippen LogP contribution in [0, 0.1) is 5.82 Å². The Hall–Kier alpha value is -2.60. The van der Waals surface area contributed by atoms with Crippen molar-refractivity contribution < 1.29 is 18.7 Å². The summed E-state index contributed by atoms with van der Waals surface area (Å²) in [6.07, 6.45) is 2.01. The van der Waals surface area contributed by atoms with E-state index in [1.54, 1.807) is 24.3 Å². The molecule has 0 radical (unpaired) electrons. The molecule has 0 aliphatic heterocycles. The van der Waals surface area contributed by atoms with Crippen molar-refractivity contribution in [2.45, 2.75) is 18.9 Å². The molecule has 2 aromatic carbocycles. The van der Waals surface area contributed by atoms with Crippen LogP contribution >= 0.6 is 11.6 Å². The predicted octanol–water partition coefficient (Wildman–Crippen LogP) is 3.39. The molecule has 1 aliphatic carbocycles. The molecule has 0 atom stereocenters. The van der Waals surface area contributed by atoms with Gasteiger partial charge in [0.2, 0.25) is 0 Å². The Morgan fingerprint density at radius 3 is 2.72 bits per heavy atom. The molecule has 0 spiro atoms. The zero-order chi connectivity index (χ0) is 17.8. The molecule has 2 aromatic rings. The van der Waals surface area contributed by atoms with E-state index < -0.39 is 11.7 Å². The Morgan fingerprint density at radius 2 is 2.00 bits per heavy atom. The van der Waals surface area contributed by atoms with E-state index in [4.69, 9.17) is 16.3 Å². The van der Waals surface area contributed by atoms with E-state index in [1.807, 2.05) is 0 Å². The zero-order valence-corrected chi connectivity index (χ0v) is 14.0. The summed E-state index contributed by atoms with van der Waals surface area (Å²) in [7, 11) is 0. The molecule has 130 valence electrons. The third-order valence-corrected chi connectivity index (χ3v) is 3.87. The smallest absolute Gasteiger partial charge is 0.262 e. The summed E-state index contributed by atoms with van der Waals surface area (Å²) in [6.45, 7) is -0.263. The van der Waals surface area contributed by atoms with Crippen molar-refractivity contribution in [3.8, 4) is 5.75 Å². The van der Waals surface area contributed by atoms with E-state index in [0.29, 0.717) is 17.0 Å². The highest BCUT2D eigenvalue weighted by molar-refractivity contribution is 6.30. The van der Waals surface area contributed by atoms with Crippen LogP contribution in [0.15, 0.2) is 42.5 Å². The number of halogens is 2. The summed E-state index contributed by atoms with van der Waals surface area (Å²) in [5.74, 6) is -0.824. The van der Waals surface area contributed by atoms with Gasteiger partial charge in [-0.25, -0.2) is 4.39 Å². The van der Waals surface area contributed by atoms with Crippen LogP contribution in [-0.4, -0.2) is 24.5 Å². The Balaban J connectivity index is 1.55. The molecule has 0 saturated heterocycles. The number of rotatable bonds is 6. The Kier molecular flexibility index (Phi) is 5.19. The number of amides is 2. The topological polar surface area (TPSA) is 67.4 Å². The highest BCUT2D eigenvalue weighted by Gasteiger charge is 2.23. The van der Waals surface area contributed by atoms with Gasteiger partial charge in [0.15, 0.2) is 6.61 Å².